The summed E-state index contributed by atoms with van der Waals surface area (Å²) in [5.74, 6) is 3.23. The van der Waals surface area contributed by atoms with E-state index in [9.17, 15) is 13.0 Å². The van der Waals surface area contributed by atoms with Crippen molar-refractivity contribution in [2.45, 2.75) is 62.5 Å². The smallest absolute Gasteiger partial charge is 0.135 e. The minimum atomic E-state index is -2.17. The Balaban J connectivity index is 1.24. The fraction of sp³-hybridized carbons (Fsp3) is 0.400. The molecule has 2 bridgehead atoms. The van der Waals surface area contributed by atoms with Gasteiger partial charge in [-0.25, -0.2) is 8.78 Å². The second-order valence-corrected chi connectivity index (χ2v) is 14.6. The van der Waals surface area contributed by atoms with E-state index in [1.54, 1.807) is 0 Å². The summed E-state index contributed by atoms with van der Waals surface area (Å²) in [4.78, 5) is 5.11. The molecule has 0 amide bonds. The second kappa shape index (κ2) is 8.34. The molecule has 3 aromatic rings. The van der Waals surface area contributed by atoms with Crippen molar-refractivity contribution in [3.8, 4) is 11.3 Å². The summed E-state index contributed by atoms with van der Waals surface area (Å²) in [5.41, 5.74) is 4.36. The van der Waals surface area contributed by atoms with Gasteiger partial charge in [0.15, 0.2) is 0 Å². The first-order valence-corrected chi connectivity index (χ1v) is 15.3. The van der Waals surface area contributed by atoms with Crippen molar-refractivity contribution in [3.05, 3.63) is 76.7 Å². The number of rotatable bonds is 6. The first-order valence-electron chi connectivity index (χ1n) is 13.4. The van der Waals surface area contributed by atoms with E-state index in [1.165, 1.54) is 18.2 Å². The Morgan fingerprint density at radius 2 is 1.74 bits per heavy atom. The molecule has 3 atom stereocenters. The maximum atomic E-state index is 14.6. The molecule has 3 heterocycles. The molecule has 200 valence electrons. The fourth-order valence-corrected chi connectivity index (χ4v) is 9.06. The van der Waals surface area contributed by atoms with E-state index in [0.717, 1.165) is 59.8 Å². The topological polar surface area (TPSA) is 80.5 Å². The van der Waals surface area contributed by atoms with Gasteiger partial charge in [-0.1, -0.05) is 26.0 Å². The molecule has 1 unspecified atom stereocenters. The Kier molecular flexibility index (Phi) is 5.28. The van der Waals surface area contributed by atoms with Crippen molar-refractivity contribution in [1.82, 2.24) is 15.2 Å². The predicted octanol–water partition coefficient (Wildman–Crippen LogP) is 5.45. The van der Waals surface area contributed by atoms with E-state index >= 15 is 0 Å². The van der Waals surface area contributed by atoms with Crippen LogP contribution in [-0.2, 0) is 14.9 Å². The maximum absolute atomic E-state index is 14.6. The molecule has 2 fully saturated rings. The highest BCUT2D eigenvalue weighted by Gasteiger charge is 2.65. The molecule has 9 heteroatoms. The third-order valence-electron chi connectivity index (χ3n) is 9.31. The normalized spacial score (nSPS) is 26.2. The van der Waals surface area contributed by atoms with Crippen LogP contribution in [0.25, 0.3) is 11.3 Å². The summed E-state index contributed by atoms with van der Waals surface area (Å²) in [7, 11) is -2.17. The number of fused-ring (bicyclic) bond motifs is 5. The number of nitrogens with zero attached hydrogens (tertiary/aromatic N) is 5. The van der Waals surface area contributed by atoms with Crippen LogP contribution in [0, 0.1) is 17.0 Å². The molecule has 1 aliphatic heterocycles. The van der Waals surface area contributed by atoms with Gasteiger partial charge in [0.2, 0.25) is 0 Å². The largest absolute Gasteiger partial charge is 0.267 e. The van der Waals surface area contributed by atoms with Crippen LogP contribution >= 0.6 is 0 Å². The zero-order valence-electron chi connectivity index (χ0n) is 22.0. The molecule has 3 aliphatic carbocycles. The standard InChI is InChI=1S/C30H29F2N5OS/c1-29(2)20-12-13-30(29,28-19(20)15-25(36-37-28)27-21(31)6-4-7-22(27)32)26-9-5-8-23(33-26)24-14-17(34-35-24)16-39(3,38)18-10-11-18/h4-9,15,18,20H,3,10-14,16H2,1-2H3/t20-,30-,39?/m0/s1. The van der Waals surface area contributed by atoms with Crippen molar-refractivity contribution in [2.75, 3.05) is 5.75 Å². The number of hydrogen-bond acceptors (Lipinski definition) is 6. The lowest BCUT2D eigenvalue weighted by Crippen LogP contribution is -2.38. The van der Waals surface area contributed by atoms with Gasteiger partial charge in [0.05, 0.1) is 50.9 Å². The first kappa shape index (κ1) is 24.7. The van der Waals surface area contributed by atoms with Crippen LogP contribution in [0.5, 0.6) is 0 Å². The van der Waals surface area contributed by atoms with Crippen LogP contribution in [0.3, 0.4) is 0 Å². The van der Waals surface area contributed by atoms with Crippen LogP contribution in [0.1, 0.15) is 74.5 Å². The van der Waals surface area contributed by atoms with Gasteiger partial charge in [0, 0.05) is 11.7 Å². The fourth-order valence-electron chi connectivity index (χ4n) is 7.10. The second-order valence-electron chi connectivity index (χ2n) is 11.9. The summed E-state index contributed by atoms with van der Waals surface area (Å²) in [5, 5.41) is 17.9. The van der Waals surface area contributed by atoms with Crippen molar-refractivity contribution >= 4 is 26.8 Å². The lowest BCUT2D eigenvalue weighted by Gasteiger charge is -2.37. The number of halogens is 2. The van der Waals surface area contributed by atoms with Gasteiger partial charge >= 0.3 is 0 Å². The monoisotopic (exact) mass is 545 g/mol. The van der Waals surface area contributed by atoms with E-state index in [-0.39, 0.29) is 27.8 Å². The highest BCUT2D eigenvalue weighted by atomic mass is 32.2. The summed E-state index contributed by atoms with van der Waals surface area (Å²) in [6.07, 6.45) is 4.25. The van der Waals surface area contributed by atoms with Crippen LogP contribution in [0.15, 0.2) is 52.7 Å². The quantitative estimate of drug-likeness (QED) is 0.386. The van der Waals surface area contributed by atoms with Crippen molar-refractivity contribution in [3.63, 3.8) is 0 Å². The molecule has 1 aromatic carbocycles. The van der Waals surface area contributed by atoms with Gasteiger partial charge in [0.1, 0.15) is 11.6 Å². The minimum absolute atomic E-state index is 0.148. The molecule has 2 saturated carbocycles. The molecule has 39 heavy (non-hydrogen) atoms. The molecule has 0 N–H and O–H groups in total. The van der Waals surface area contributed by atoms with Crippen LogP contribution < -0.4 is 0 Å². The first-order chi connectivity index (χ1) is 18.6. The molecule has 6 nitrogen and oxygen atoms in total. The van der Waals surface area contributed by atoms with E-state index < -0.39 is 26.6 Å². The van der Waals surface area contributed by atoms with Crippen molar-refractivity contribution in [1.29, 1.82) is 0 Å². The lowest BCUT2D eigenvalue weighted by molar-refractivity contribution is 0.243. The highest BCUT2D eigenvalue weighted by molar-refractivity contribution is 8.01. The average Bonchev–Trinajstić information content (AvgIpc) is 3.58. The van der Waals surface area contributed by atoms with Gasteiger partial charge < -0.3 is 0 Å². The molecule has 0 radical (unpaired) electrons. The molecule has 0 saturated heterocycles. The van der Waals surface area contributed by atoms with Crippen LogP contribution in [0.2, 0.25) is 0 Å². The summed E-state index contributed by atoms with van der Waals surface area (Å²) >= 11 is 0. The van der Waals surface area contributed by atoms with Crippen molar-refractivity contribution in [2.24, 2.45) is 15.6 Å². The molecular formula is C30H29F2N5OS. The Bertz CT molecular complexity index is 1690. The van der Waals surface area contributed by atoms with Crippen LogP contribution in [0.4, 0.5) is 8.78 Å². The maximum Gasteiger partial charge on any atom is 0.135 e. The van der Waals surface area contributed by atoms with Crippen molar-refractivity contribution < 1.29 is 13.0 Å². The average molecular weight is 546 g/mol. The van der Waals surface area contributed by atoms with E-state index in [2.05, 4.69) is 40.1 Å². The summed E-state index contributed by atoms with van der Waals surface area (Å²) in [6.45, 7) is 4.45. The predicted molar refractivity (Wildman–Crippen MR) is 150 cm³/mol. The number of aromatic nitrogens is 3. The third kappa shape index (κ3) is 3.58. The van der Waals surface area contributed by atoms with Gasteiger partial charge in [-0.05, 0) is 88.3 Å². The summed E-state index contributed by atoms with van der Waals surface area (Å²) < 4.78 is 42.0. The molecule has 0 spiro atoms. The Morgan fingerprint density at radius 1 is 1.00 bits per heavy atom. The Morgan fingerprint density at radius 3 is 2.49 bits per heavy atom. The van der Waals surface area contributed by atoms with Gasteiger partial charge in [-0.15, -0.1) is 5.10 Å². The SMILES string of the molecule is C=S(=O)(CC1=NN=C(c2cccc([C@@]34CC[C@@H](c5cc(-c6c(F)cccc6F)nnc53)C4(C)C)n2)C1)C1CC1. The van der Waals surface area contributed by atoms with E-state index in [4.69, 9.17) is 4.98 Å². The zero-order valence-corrected chi connectivity index (χ0v) is 22.8. The van der Waals surface area contributed by atoms with E-state index in [1.807, 2.05) is 24.3 Å². The molecule has 4 aliphatic rings. The lowest BCUT2D eigenvalue weighted by atomic mass is 9.66. The van der Waals surface area contributed by atoms with Gasteiger partial charge in [-0.2, -0.15) is 15.3 Å². The summed E-state index contributed by atoms with van der Waals surface area (Å²) in [6, 6.07) is 11.6. The third-order valence-corrected chi connectivity index (χ3v) is 11.8. The number of hydrogen-bond donors (Lipinski definition) is 0. The molecular weight excluding hydrogens is 516 g/mol. The Labute approximate surface area is 226 Å². The number of benzene rings is 1. The van der Waals surface area contributed by atoms with E-state index in [0.29, 0.717) is 12.2 Å². The zero-order chi connectivity index (χ0) is 27.2. The molecule has 7 rings (SSSR count). The van der Waals surface area contributed by atoms with Crippen LogP contribution in [-0.4, -0.2) is 47.7 Å². The number of pyridine rings is 1. The Hall–Kier alpha value is -3.33. The highest BCUT2D eigenvalue weighted by Crippen LogP contribution is 2.69. The van der Waals surface area contributed by atoms with Gasteiger partial charge in [0.25, 0.3) is 0 Å². The molecule has 2 aromatic heterocycles. The minimum Gasteiger partial charge on any atom is -0.267 e. The van der Waals surface area contributed by atoms with Gasteiger partial charge in [-0.3, -0.25) is 9.19 Å².